The maximum atomic E-state index is 13.8. The molecule has 3 amide bonds. The van der Waals surface area contributed by atoms with E-state index in [0.29, 0.717) is 13.0 Å². The zero-order chi connectivity index (χ0) is 25.2. The fraction of sp³-hybridized carbons (Fsp3) is 0.464. The van der Waals surface area contributed by atoms with Gasteiger partial charge in [0.1, 0.15) is 6.04 Å². The first-order valence-corrected chi connectivity index (χ1v) is 12.9. The van der Waals surface area contributed by atoms with Crippen LogP contribution in [0.3, 0.4) is 0 Å². The third-order valence-corrected chi connectivity index (χ3v) is 7.67. The van der Waals surface area contributed by atoms with Gasteiger partial charge in [-0.2, -0.15) is 0 Å². The molecule has 0 spiro atoms. The predicted molar refractivity (Wildman–Crippen MR) is 135 cm³/mol. The lowest BCUT2D eigenvalue weighted by molar-refractivity contribution is -0.148. The number of hydrogen-bond donors (Lipinski definition) is 3. The number of hydrogen-bond acceptors (Lipinski definition) is 5. The standard InChI is InChI=1S/C28H34N4O4/c1-17(29-2)26(34)31-23-14-15-36-28-21-12-6-5-11-20(21)24(32(28)27(23)35)16-25(33)30-22-13-7-9-18-8-3-4-10-19(18)22/h3-6,8,10-12,17,22-24,28-29H,7,9,13-16H2,1-2H3,(H,30,33)(H,31,34)/t17-,22+,23-,24?,28-/m0/s1. The quantitative estimate of drug-likeness (QED) is 0.578. The summed E-state index contributed by atoms with van der Waals surface area (Å²) >= 11 is 0. The van der Waals surface area contributed by atoms with Crippen LogP contribution in [0.2, 0.25) is 0 Å². The molecule has 3 aliphatic rings. The molecule has 1 fully saturated rings. The lowest BCUT2D eigenvalue weighted by atomic mass is 9.87. The molecule has 0 saturated carbocycles. The Bertz CT molecular complexity index is 1150. The first-order chi connectivity index (χ1) is 17.5. The molecule has 8 nitrogen and oxygen atoms in total. The summed E-state index contributed by atoms with van der Waals surface area (Å²) in [5, 5.41) is 9.01. The van der Waals surface area contributed by atoms with Crippen LogP contribution in [0.4, 0.5) is 0 Å². The lowest BCUT2D eigenvalue weighted by Gasteiger charge is -2.32. The summed E-state index contributed by atoms with van der Waals surface area (Å²) in [5.41, 5.74) is 4.29. The molecule has 1 unspecified atom stereocenters. The van der Waals surface area contributed by atoms with E-state index in [1.165, 1.54) is 11.1 Å². The number of carbonyl (C=O) groups is 3. The highest BCUT2D eigenvalue weighted by Gasteiger charge is 2.46. The molecule has 5 rings (SSSR count). The van der Waals surface area contributed by atoms with Crippen molar-refractivity contribution in [3.63, 3.8) is 0 Å². The van der Waals surface area contributed by atoms with Crippen molar-refractivity contribution in [3.05, 3.63) is 70.8 Å². The maximum absolute atomic E-state index is 13.8. The number of aryl methyl sites for hydroxylation is 1. The van der Waals surface area contributed by atoms with E-state index in [1.807, 2.05) is 36.4 Å². The fourth-order valence-electron chi connectivity index (χ4n) is 5.65. The molecule has 190 valence electrons. The fourth-order valence-corrected chi connectivity index (χ4v) is 5.65. The van der Waals surface area contributed by atoms with Crippen LogP contribution in [0.1, 0.15) is 73.2 Å². The summed E-state index contributed by atoms with van der Waals surface area (Å²) in [5.74, 6) is -0.555. The zero-order valence-corrected chi connectivity index (χ0v) is 20.8. The molecule has 8 heteroatoms. The summed E-state index contributed by atoms with van der Waals surface area (Å²) in [6.45, 7) is 2.08. The number of rotatable bonds is 6. The summed E-state index contributed by atoms with van der Waals surface area (Å²) in [6, 6.07) is 14.4. The van der Waals surface area contributed by atoms with Crippen LogP contribution >= 0.6 is 0 Å². The minimum absolute atomic E-state index is 0.0268. The van der Waals surface area contributed by atoms with Gasteiger partial charge in [0.25, 0.3) is 0 Å². The van der Waals surface area contributed by atoms with E-state index in [-0.39, 0.29) is 30.2 Å². The smallest absolute Gasteiger partial charge is 0.248 e. The second-order valence-electron chi connectivity index (χ2n) is 9.89. The van der Waals surface area contributed by atoms with Crippen molar-refractivity contribution < 1.29 is 19.1 Å². The minimum atomic E-state index is -0.705. The largest absolute Gasteiger partial charge is 0.354 e. The molecule has 3 N–H and O–H groups in total. The van der Waals surface area contributed by atoms with Gasteiger partial charge in [-0.25, -0.2) is 0 Å². The normalized spacial score (nSPS) is 25.7. The van der Waals surface area contributed by atoms with Crippen LogP contribution in [0.25, 0.3) is 0 Å². The van der Waals surface area contributed by atoms with Crippen LogP contribution < -0.4 is 16.0 Å². The van der Waals surface area contributed by atoms with Crippen molar-refractivity contribution in [2.24, 2.45) is 0 Å². The van der Waals surface area contributed by atoms with Crippen LogP contribution in [-0.4, -0.2) is 48.4 Å². The Balaban J connectivity index is 1.37. The van der Waals surface area contributed by atoms with Crippen LogP contribution in [0, 0.1) is 0 Å². The summed E-state index contributed by atoms with van der Waals surface area (Å²) in [6.07, 6.45) is 2.91. The average Bonchev–Trinajstić information content (AvgIpc) is 3.10. The minimum Gasteiger partial charge on any atom is -0.354 e. The van der Waals surface area contributed by atoms with E-state index < -0.39 is 24.4 Å². The van der Waals surface area contributed by atoms with E-state index in [9.17, 15) is 14.4 Å². The lowest BCUT2D eigenvalue weighted by Crippen LogP contribution is -2.52. The van der Waals surface area contributed by atoms with Crippen molar-refractivity contribution in [1.29, 1.82) is 0 Å². The molecule has 0 bridgehead atoms. The SMILES string of the molecule is CN[C@@H](C)C(=O)N[C@H]1CCO[C@H]2c3ccccc3C(CC(=O)N[C@@H]3CCCc4ccccc43)N2C1=O. The Morgan fingerprint density at radius 1 is 1.00 bits per heavy atom. The Morgan fingerprint density at radius 3 is 2.50 bits per heavy atom. The molecule has 2 aromatic carbocycles. The number of nitrogens with zero attached hydrogens (tertiary/aromatic N) is 1. The number of benzene rings is 2. The van der Waals surface area contributed by atoms with Gasteiger partial charge < -0.3 is 25.6 Å². The highest BCUT2D eigenvalue weighted by Crippen LogP contribution is 2.46. The Morgan fingerprint density at radius 2 is 1.72 bits per heavy atom. The molecule has 5 atom stereocenters. The zero-order valence-electron chi connectivity index (χ0n) is 20.8. The van der Waals surface area contributed by atoms with E-state index in [1.54, 1.807) is 18.9 Å². The monoisotopic (exact) mass is 490 g/mol. The van der Waals surface area contributed by atoms with Crippen LogP contribution in [0.5, 0.6) is 0 Å². The molecule has 1 aliphatic carbocycles. The van der Waals surface area contributed by atoms with Crippen molar-refractivity contribution >= 4 is 17.7 Å². The average molecular weight is 491 g/mol. The number of likely N-dealkylation sites (N-methyl/N-ethyl adjacent to an activating group) is 1. The van der Waals surface area contributed by atoms with Crippen molar-refractivity contribution in [2.45, 2.75) is 69.4 Å². The maximum Gasteiger partial charge on any atom is 0.248 e. The second-order valence-corrected chi connectivity index (χ2v) is 9.89. The number of ether oxygens (including phenoxy) is 1. The van der Waals surface area contributed by atoms with Crippen molar-refractivity contribution in [3.8, 4) is 0 Å². The van der Waals surface area contributed by atoms with Gasteiger partial charge in [0.15, 0.2) is 6.23 Å². The first kappa shape index (κ1) is 24.5. The highest BCUT2D eigenvalue weighted by atomic mass is 16.5. The molecule has 0 aromatic heterocycles. The van der Waals surface area contributed by atoms with Gasteiger partial charge in [-0.05, 0) is 49.9 Å². The van der Waals surface area contributed by atoms with Gasteiger partial charge >= 0.3 is 0 Å². The third-order valence-electron chi connectivity index (χ3n) is 7.67. The van der Waals surface area contributed by atoms with Gasteiger partial charge in [0.05, 0.1) is 31.2 Å². The number of fused-ring (bicyclic) bond motifs is 4. The van der Waals surface area contributed by atoms with Crippen LogP contribution in [0.15, 0.2) is 48.5 Å². The molecular weight excluding hydrogens is 456 g/mol. The molecule has 1 saturated heterocycles. The Labute approximate surface area is 211 Å². The molecule has 2 aliphatic heterocycles. The highest BCUT2D eigenvalue weighted by molar-refractivity contribution is 5.91. The summed E-state index contributed by atoms with van der Waals surface area (Å²) < 4.78 is 6.14. The predicted octanol–water partition coefficient (Wildman–Crippen LogP) is 2.67. The van der Waals surface area contributed by atoms with Crippen molar-refractivity contribution in [2.75, 3.05) is 13.7 Å². The summed E-state index contributed by atoms with van der Waals surface area (Å²) in [4.78, 5) is 41.4. The van der Waals surface area contributed by atoms with Gasteiger partial charge in [-0.3, -0.25) is 14.4 Å². The van der Waals surface area contributed by atoms with E-state index >= 15 is 0 Å². The van der Waals surface area contributed by atoms with Gasteiger partial charge in [0.2, 0.25) is 17.7 Å². The number of amides is 3. The van der Waals surface area contributed by atoms with E-state index in [0.717, 1.165) is 30.4 Å². The van der Waals surface area contributed by atoms with Crippen molar-refractivity contribution in [1.82, 2.24) is 20.9 Å². The Kier molecular flexibility index (Phi) is 7.07. The van der Waals surface area contributed by atoms with E-state index in [2.05, 4.69) is 28.1 Å². The van der Waals surface area contributed by atoms with E-state index in [4.69, 9.17) is 4.74 Å². The number of nitrogens with one attached hydrogen (secondary N) is 3. The second kappa shape index (κ2) is 10.4. The molecule has 2 aromatic rings. The molecule has 36 heavy (non-hydrogen) atoms. The topological polar surface area (TPSA) is 99.8 Å². The number of carbonyl (C=O) groups excluding carboxylic acids is 3. The first-order valence-electron chi connectivity index (χ1n) is 12.9. The van der Waals surface area contributed by atoms with Gasteiger partial charge in [-0.1, -0.05) is 48.5 Å². The van der Waals surface area contributed by atoms with Gasteiger partial charge in [-0.15, -0.1) is 0 Å². The molecular formula is C28H34N4O4. The summed E-state index contributed by atoms with van der Waals surface area (Å²) in [7, 11) is 1.70. The van der Waals surface area contributed by atoms with Crippen LogP contribution in [-0.2, 0) is 25.5 Å². The Hall–Kier alpha value is -3.23. The molecule has 2 heterocycles. The molecule has 0 radical (unpaired) electrons. The van der Waals surface area contributed by atoms with Gasteiger partial charge in [0, 0.05) is 12.0 Å². The third kappa shape index (κ3) is 4.63.